The van der Waals surface area contributed by atoms with E-state index in [9.17, 15) is 4.79 Å². The molecule has 1 aliphatic rings. The maximum atomic E-state index is 11.4. The van der Waals surface area contributed by atoms with Crippen molar-refractivity contribution in [3.05, 3.63) is 16.1 Å². The lowest BCUT2D eigenvalue weighted by atomic mass is 9.79. The summed E-state index contributed by atoms with van der Waals surface area (Å²) >= 11 is 1.57. The molecule has 1 saturated carbocycles. The third-order valence-electron chi connectivity index (χ3n) is 3.63. The standard InChI is InChI=1S/C14H21NO2S/c1-4-17-14(7-5-6-10(2)8-14)13-15-12(9-18-13)11(3)16/h9-10H,4-8H2,1-3H3. The van der Waals surface area contributed by atoms with E-state index in [4.69, 9.17) is 4.74 Å². The third-order valence-corrected chi connectivity index (χ3v) is 4.66. The van der Waals surface area contributed by atoms with Gasteiger partial charge in [-0.25, -0.2) is 4.98 Å². The zero-order valence-corrected chi connectivity index (χ0v) is 12.2. The Morgan fingerprint density at radius 3 is 3.00 bits per heavy atom. The van der Waals surface area contributed by atoms with E-state index >= 15 is 0 Å². The largest absolute Gasteiger partial charge is 0.368 e. The van der Waals surface area contributed by atoms with Gasteiger partial charge in [-0.1, -0.05) is 13.3 Å². The first-order chi connectivity index (χ1) is 8.57. The number of hydrogen-bond donors (Lipinski definition) is 0. The lowest BCUT2D eigenvalue weighted by molar-refractivity contribution is -0.0820. The Hall–Kier alpha value is -0.740. The number of hydrogen-bond acceptors (Lipinski definition) is 4. The molecule has 0 saturated heterocycles. The second-order valence-electron chi connectivity index (χ2n) is 5.22. The first kappa shape index (κ1) is 13.7. The van der Waals surface area contributed by atoms with Crippen LogP contribution < -0.4 is 0 Å². The highest BCUT2D eigenvalue weighted by molar-refractivity contribution is 7.10. The summed E-state index contributed by atoms with van der Waals surface area (Å²) in [7, 11) is 0. The van der Waals surface area contributed by atoms with E-state index in [-0.39, 0.29) is 11.4 Å². The minimum atomic E-state index is -0.245. The molecule has 1 aromatic rings. The van der Waals surface area contributed by atoms with Crippen LogP contribution in [0.15, 0.2) is 5.38 Å². The molecule has 0 aliphatic heterocycles. The monoisotopic (exact) mass is 267 g/mol. The summed E-state index contributed by atoms with van der Waals surface area (Å²) in [6, 6.07) is 0. The number of rotatable bonds is 4. The summed E-state index contributed by atoms with van der Waals surface area (Å²) in [5.74, 6) is 0.697. The molecule has 1 heterocycles. The fourth-order valence-corrected chi connectivity index (χ4v) is 3.86. The molecule has 3 nitrogen and oxygen atoms in total. The van der Waals surface area contributed by atoms with Gasteiger partial charge in [0.2, 0.25) is 0 Å². The van der Waals surface area contributed by atoms with Crippen LogP contribution >= 0.6 is 11.3 Å². The van der Waals surface area contributed by atoms with E-state index in [1.807, 2.05) is 12.3 Å². The van der Waals surface area contributed by atoms with E-state index < -0.39 is 0 Å². The summed E-state index contributed by atoms with van der Waals surface area (Å²) in [6.07, 6.45) is 4.48. The topological polar surface area (TPSA) is 39.2 Å². The maximum Gasteiger partial charge on any atom is 0.178 e. The van der Waals surface area contributed by atoms with Crippen LogP contribution in [0.5, 0.6) is 0 Å². The summed E-state index contributed by atoms with van der Waals surface area (Å²) < 4.78 is 6.06. The molecule has 1 fully saturated rings. The van der Waals surface area contributed by atoms with E-state index in [1.54, 1.807) is 18.3 Å². The third kappa shape index (κ3) is 2.64. The molecule has 18 heavy (non-hydrogen) atoms. The van der Waals surface area contributed by atoms with Crippen LogP contribution in [0.25, 0.3) is 0 Å². The van der Waals surface area contributed by atoms with Crippen LogP contribution in [0.4, 0.5) is 0 Å². The molecular weight excluding hydrogens is 246 g/mol. The number of Topliss-reactive ketones (excluding diaryl/α,β-unsaturated/α-hetero) is 1. The van der Waals surface area contributed by atoms with Crippen LogP contribution in [0, 0.1) is 5.92 Å². The predicted molar refractivity (Wildman–Crippen MR) is 73.1 cm³/mol. The molecule has 0 spiro atoms. The lowest BCUT2D eigenvalue weighted by Crippen LogP contribution is -2.35. The molecular formula is C14H21NO2S. The molecule has 100 valence electrons. The Morgan fingerprint density at radius 2 is 2.44 bits per heavy atom. The fourth-order valence-electron chi connectivity index (χ4n) is 2.81. The second kappa shape index (κ2) is 5.49. The number of carbonyl (C=O) groups excluding carboxylic acids is 1. The van der Waals surface area contributed by atoms with Gasteiger partial charge in [0, 0.05) is 18.9 Å². The minimum absolute atomic E-state index is 0.0352. The molecule has 0 radical (unpaired) electrons. The van der Waals surface area contributed by atoms with Crippen LogP contribution in [0.3, 0.4) is 0 Å². The van der Waals surface area contributed by atoms with Gasteiger partial charge in [-0.3, -0.25) is 4.79 Å². The van der Waals surface area contributed by atoms with Gasteiger partial charge in [0.25, 0.3) is 0 Å². The number of ketones is 1. The first-order valence-corrected chi connectivity index (χ1v) is 7.56. The maximum absolute atomic E-state index is 11.4. The number of aromatic nitrogens is 1. The van der Waals surface area contributed by atoms with E-state index in [2.05, 4.69) is 11.9 Å². The lowest BCUT2D eigenvalue weighted by Gasteiger charge is -2.38. The number of thiazole rings is 1. The van der Waals surface area contributed by atoms with E-state index in [1.165, 1.54) is 12.8 Å². The average Bonchev–Trinajstić information content (AvgIpc) is 2.79. The molecule has 1 aliphatic carbocycles. The van der Waals surface area contributed by atoms with Gasteiger partial charge in [-0.2, -0.15) is 0 Å². The van der Waals surface area contributed by atoms with Crippen molar-refractivity contribution in [1.82, 2.24) is 4.98 Å². The zero-order valence-electron chi connectivity index (χ0n) is 11.4. The highest BCUT2D eigenvalue weighted by Gasteiger charge is 2.40. The summed E-state index contributed by atoms with van der Waals surface area (Å²) in [5, 5.41) is 2.85. The molecule has 2 atom stereocenters. The van der Waals surface area contributed by atoms with Gasteiger partial charge in [-0.05, 0) is 32.1 Å². The van der Waals surface area contributed by atoms with Crippen molar-refractivity contribution in [3.63, 3.8) is 0 Å². The molecule has 1 aromatic heterocycles. The number of carbonyl (C=O) groups is 1. The zero-order chi connectivity index (χ0) is 13.2. The van der Waals surface area contributed by atoms with Crippen LogP contribution in [-0.2, 0) is 10.3 Å². The Labute approximate surface area is 113 Å². The predicted octanol–water partition coefficient (Wildman–Crippen LogP) is 3.79. The minimum Gasteiger partial charge on any atom is -0.368 e. The smallest absolute Gasteiger partial charge is 0.178 e. The quantitative estimate of drug-likeness (QED) is 0.779. The Kier molecular flexibility index (Phi) is 4.17. The van der Waals surface area contributed by atoms with E-state index in [0.717, 1.165) is 17.8 Å². The van der Waals surface area contributed by atoms with Crippen molar-refractivity contribution in [2.45, 2.75) is 52.1 Å². The van der Waals surface area contributed by atoms with Gasteiger partial charge < -0.3 is 4.74 Å². The van der Waals surface area contributed by atoms with Crippen molar-refractivity contribution in [2.75, 3.05) is 6.61 Å². The Bertz CT molecular complexity index is 425. The molecule has 2 rings (SSSR count). The highest BCUT2D eigenvalue weighted by atomic mass is 32.1. The van der Waals surface area contributed by atoms with Gasteiger partial charge in [0.15, 0.2) is 5.78 Å². The molecule has 4 heteroatoms. The SMILES string of the molecule is CCOC1(c2nc(C(C)=O)cs2)CCCC(C)C1. The highest BCUT2D eigenvalue weighted by Crippen LogP contribution is 2.43. The molecule has 0 amide bonds. The molecule has 0 aromatic carbocycles. The van der Waals surface area contributed by atoms with Gasteiger partial charge >= 0.3 is 0 Å². The molecule has 2 unspecified atom stereocenters. The normalized spacial score (nSPS) is 28.3. The number of ether oxygens (including phenoxy) is 1. The van der Waals surface area contributed by atoms with Gasteiger partial charge in [0.1, 0.15) is 16.3 Å². The molecule has 0 bridgehead atoms. The summed E-state index contributed by atoms with van der Waals surface area (Å²) in [5.41, 5.74) is 0.331. The number of nitrogens with zero attached hydrogens (tertiary/aromatic N) is 1. The average molecular weight is 267 g/mol. The van der Waals surface area contributed by atoms with Crippen molar-refractivity contribution in [3.8, 4) is 0 Å². The van der Waals surface area contributed by atoms with Gasteiger partial charge in [0.05, 0.1) is 0 Å². The summed E-state index contributed by atoms with van der Waals surface area (Å²) in [4.78, 5) is 15.9. The van der Waals surface area contributed by atoms with Crippen molar-refractivity contribution in [2.24, 2.45) is 5.92 Å². The van der Waals surface area contributed by atoms with Crippen molar-refractivity contribution >= 4 is 17.1 Å². The fraction of sp³-hybridized carbons (Fsp3) is 0.714. The second-order valence-corrected chi connectivity index (χ2v) is 6.08. The molecule has 0 N–H and O–H groups in total. The van der Waals surface area contributed by atoms with Crippen LogP contribution in [0.2, 0.25) is 0 Å². The first-order valence-electron chi connectivity index (χ1n) is 6.68. The van der Waals surface area contributed by atoms with Crippen LogP contribution in [-0.4, -0.2) is 17.4 Å². The van der Waals surface area contributed by atoms with Gasteiger partial charge in [-0.15, -0.1) is 11.3 Å². The van der Waals surface area contributed by atoms with E-state index in [0.29, 0.717) is 18.2 Å². The Morgan fingerprint density at radius 1 is 1.67 bits per heavy atom. The van der Waals surface area contributed by atoms with Crippen molar-refractivity contribution < 1.29 is 9.53 Å². The van der Waals surface area contributed by atoms with Crippen LogP contribution in [0.1, 0.15) is 62.0 Å². The summed E-state index contributed by atoms with van der Waals surface area (Å²) in [6.45, 7) is 6.56. The Balaban J connectivity index is 2.30. The van der Waals surface area contributed by atoms with Crippen molar-refractivity contribution in [1.29, 1.82) is 0 Å².